The second kappa shape index (κ2) is 8.95. The van der Waals surface area contributed by atoms with E-state index >= 15 is 0 Å². The van der Waals surface area contributed by atoms with Gasteiger partial charge < -0.3 is 10.1 Å². The molecule has 0 spiro atoms. The third-order valence-corrected chi connectivity index (χ3v) is 4.39. The lowest BCUT2D eigenvalue weighted by atomic mass is 10.0. The van der Waals surface area contributed by atoms with Gasteiger partial charge in [0.2, 0.25) is 5.91 Å². The highest BCUT2D eigenvalue weighted by atomic mass is 16.5. The molecule has 1 N–H and O–H groups in total. The van der Waals surface area contributed by atoms with E-state index in [1.807, 2.05) is 36.4 Å². The van der Waals surface area contributed by atoms with Crippen molar-refractivity contribution in [3.05, 3.63) is 59.9 Å². The molecule has 0 saturated heterocycles. The summed E-state index contributed by atoms with van der Waals surface area (Å²) in [7, 11) is 0. The molecule has 0 radical (unpaired) electrons. The standard InChI is InChI=1S/C21H22N4O2/c1-2-3-11-21(24-25-21)12-9-20(26)23-14-18-10-13-22-15-19(18)27-16-17-7-5-4-6-8-17/h1,4-8,10,13,15H,3,9,11-12,14,16H2,(H,23,26). The molecule has 6 heteroatoms. The number of carbonyl (C=O) groups excluding carboxylic acids is 1. The van der Waals surface area contributed by atoms with E-state index in [1.165, 1.54) is 0 Å². The molecule has 2 aromatic rings. The minimum atomic E-state index is -0.426. The van der Waals surface area contributed by atoms with Crippen LogP contribution in [0.4, 0.5) is 0 Å². The van der Waals surface area contributed by atoms with Gasteiger partial charge in [-0.1, -0.05) is 30.3 Å². The van der Waals surface area contributed by atoms with Crippen molar-refractivity contribution in [2.24, 2.45) is 10.2 Å². The largest absolute Gasteiger partial charge is 0.487 e. The van der Waals surface area contributed by atoms with Gasteiger partial charge in [-0.3, -0.25) is 9.78 Å². The number of nitrogens with zero attached hydrogens (tertiary/aromatic N) is 3. The normalized spacial score (nSPS) is 13.6. The topological polar surface area (TPSA) is 75.9 Å². The fraction of sp³-hybridized carbons (Fsp3) is 0.333. The molecule has 1 aromatic carbocycles. The second-order valence-electron chi connectivity index (χ2n) is 6.42. The number of rotatable bonds is 10. The van der Waals surface area contributed by atoms with Crippen LogP contribution in [-0.4, -0.2) is 16.6 Å². The average Bonchev–Trinajstić information content (AvgIpc) is 3.49. The number of pyridine rings is 1. The first-order valence-corrected chi connectivity index (χ1v) is 8.95. The zero-order valence-electron chi connectivity index (χ0n) is 15.1. The van der Waals surface area contributed by atoms with Crippen molar-refractivity contribution in [2.75, 3.05) is 0 Å². The maximum Gasteiger partial charge on any atom is 0.220 e. The predicted octanol–water partition coefficient (Wildman–Crippen LogP) is 3.63. The number of aromatic nitrogens is 1. The van der Waals surface area contributed by atoms with E-state index in [-0.39, 0.29) is 5.91 Å². The molecule has 138 valence electrons. The van der Waals surface area contributed by atoms with Crippen molar-refractivity contribution in [2.45, 2.75) is 44.5 Å². The number of hydrogen-bond donors (Lipinski definition) is 1. The quantitative estimate of drug-likeness (QED) is 0.656. The molecule has 0 atom stereocenters. The monoisotopic (exact) mass is 362 g/mol. The molecule has 0 saturated carbocycles. The van der Waals surface area contributed by atoms with E-state index in [0.29, 0.717) is 44.6 Å². The number of amides is 1. The van der Waals surface area contributed by atoms with E-state index in [2.05, 4.69) is 26.4 Å². The van der Waals surface area contributed by atoms with Crippen LogP contribution in [0.5, 0.6) is 5.75 Å². The SMILES string of the molecule is C#CCCC1(CCC(=O)NCc2ccncc2OCc2ccccc2)N=N1. The lowest BCUT2D eigenvalue weighted by Crippen LogP contribution is -2.25. The summed E-state index contributed by atoms with van der Waals surface area (Å²) in [5.74, 6) is 3.21. The summed E-state index contributed by atoms with van der Waals surface area (Å²) >= 11 is 0. The van der Waals surface area contributed by atoms with Crippen molar-refractivity contribution in [1.82, 2.24) is 10.3 Å². The molecule has 1 aromatic heterocycles. The molecule has 0 unspecified atom stereocenters. The average molecular weight is 362 g/mol. The first kappa shape index (κ1) is 18.6. The Bertz CT molecular complexity index is 837. The van der Waals surface area contributed by atoms with Gasteiger partial charge in [0.15, 0.2) is 5.66 Å². The molecule has 1 aliphatic rings. The van der Waals surface area contributed by atoms with Crippen LogP contribution in [-0.2, 0) is 17.9 Å². The number of nitrogens with one attached hydrogen (secondary N) is 1. The molecule has 3 rings (SSSR count). The zero-order valence-corrected chi connectivity index (χ0v) is 15.1. The Hall–Kier alpha value is -3.20. The van der Waals surface area contributed by atoms with Gasteiger partial charge in [-0.15, -0.1) is 12.3 Å². The van der Waals surface area contributed by atoms with Gasteiger partial charge in [0.1, 0.15) is 12.4 Å². The molecule has 0 fully saturated rings. The predicted molar refractivity (Wildman–Crippen MR) is 102 cm³/mol. The molecule has 6 nitrogen and oxygen atoms in total. The van der Waals surface area contributed by atoms with Crippen molar-refractivity contribution in [3.63, 3.8) is 0 Å². The first-order valence-electron chi connectivity index (χ1n) is 8.95. The highest BCUT2D eigenvalue weighted by molar-refractivity contribution is 5.76. The van der Waals surface area contributed by atoms with Crippen molar-refractivity contribution in [3.8, 4) is 18.1 Å². The van der Waals surface area contributed by atoms with Crippen LogP contribution in [0, 0.1) is 12.3 Å². The smallest absolute Gasteiger partial charge is 0.220 e. The number of ether oxygens (including phenoxy) is 1. The molecular formula is C21H22N4O2. The summed E-state index contributed by atoms with van der Waals surface area (Å²) in [5, 5.41) is 11.0. The maximum absolute atomic E-state index is 12.2. The van der Waals surface area contributed by atoms with E-state index < -0.39 is 5.66 Å². The number of hydrogen-bond acceptors (Lipinski definition) is 5. The van der Waals surface area contributed by atoms with Gasteiger partial charge in [-0.2, -0.15) is 10.2 Å². The van der Waals surface area contributed by atoms with E-state index in [0.717, 1.165) is 11.1 Å². The molecule has 1 aliphatic heterocycles. The highest BCUT2D eigenvalue weighted by Crippen LogP contribution is 2.37. The van der Waals surface area contributed by atoms with Gasteiger partial charge in [-0.05, 0) is 11.6 Å². The van der Waals surface area contributed by atoms with E-state index in [1.54, 1.807) is 12.4 Å². The van der Waals surface area contributed by atoms with E-state index in [9.17, 15) is 4.79 Å². The van der Waals surface area contributed by atoms with Crippen molar-refractivity contribution in [1.29, 1.82) is 0 Å². The third kappa shape index (κ3) is 5.65. The Balaban J connectivity index is 1.46. The van der Waals surface area contributed by atoms with Crippen molar-refractivity contribution >= 4 is 5.91 Å². The lowest BCUT2D eigenvalue weighted by molar-refractivity contribution is -0.121. The Morgan fingerprint density at radius 2 is 2.00 bits per heavy atom. The third-order valence-electron chi connectivity index (χ3n) is 4.39. The lowest BCUT2D eigenvalue weighted by Gasteiger charge is -2.12. The minimum absolute atomic E-state index is 0.0433. The van der Waals surface area contributed by atoms with Gasteiger partial charge in [0, 0.05) is 44.0 Å². The number of terminal acetylenes is 1. The van der Waals surface area contributed by atoms with Crippen LogP contribution in [0.2, 0.25) is 0 Å². The second-order valence-corrected chi connectivity index (χ2v) is 6.42. The van der Waals surface area contributed by atoms with Gasteiger partial charge >= 0.3 is 0 Å². The molecule has 0 aliphatic carbocycles. The Morgan fingerprint density at radius 3 is 2.74 bits per heavy atom. The Kier molecular flexibility index (Phi) is 6.16. The van der Waals surface area contributed by atoms with Crippen LogP contribution in [0.15, 0.2) is 59.0 Å². The van der Waals surface area contributed by atoms with Crippen LogP contribution >= 0.6 is 0 Å². The summed E-state index contributed by atoms with van der Waals surface area (Å²) < 4.78 is 5.86. The summed E-state index contributed by atoms with van der Waals surface area (Å²) in [5.41, 5.74) is 1.53. The maximum atomic E-state index is 12.2. The number of benzene rings is 1. The Morgan fingerprint density at radius 1 is 1.19 bits per heavy atom. The highest BCUT2D eigenvalue weighted by Gasteiger charge is 2.39. The summed E-state index contributed by atoms with van der Waals surface area (Å²) in [6.07, 6.45) is 10.9. The van der Waals surface area contributed by atoms with Crippen LogP contribution < -0.4 is 10.1 Å². The van der Waals surface area contributed by atoms with E-state index in [4.69, 9.17) is 11.2 Å². The van der Waals surface area contributed by atoms with Crippen LogP contribution in [0.3, 0.4) is 0 Å². The summed E-state index contributed by atoms with van der Waals surface area (Å²) in [6, 6.07) is 11.8. The summed E-state index contributed by atoms with van der Waals surface area (Å²) in [4.78, 5) is 16.3. The first-order chi connectivity index (χ1) is 13.2. The fourth-order valence-corrected chi connectivity index (χ4v) is 2.68. The molecule has 1 amide bonds. The molecule has 0 bridgehead atoms. The van der Waals surface area contributed by atoms with Crippen LogP contribution in [0.1, 0.15) is 36.8 Å². The molecular weight excluding hydrogens is 340 g/mol. The van der Waals surface area contributed by atoms with Gasteiger partial charge in [-0.25, -0.2) is 0 Å². The zero-order chi connectivity index (χ0) is 19.0. The van der Waals surface area contributed by atoms with Gasteiger partial charge in [0.05, 0.1) is 6.20 Å². The van der Waals surface area contributed by atoms with Crippen LogP contribution in [0.25, 0.3) is 0 Å². The fourth-order valence-electron chi connectivity index (χ4n) is 2.68. The number of carbonyl (C=O) groups is 1. The van der Waals surface area contributed by atoms with Gasteiger partial charge in [0.25, 0.3) is 0 Å². The molecule has 27 heavy (non-hydrogen) atoms. The summed E-state index contributed by atoms with van der Waals surface area (Å²) in [6.45, 7) is 0.839. The minimum Gasteiger partial charge on any atom is -0.487 e. The Labute approximate surface area is 159 Å². The van der Waals surface area contributed by atoms with Crippen molar-refractivity contribution < 1.29 is 9.53 Å². The molecule has 2 heterocycles.